The molecular weight excluding hydrogens is 186 g/mol. The Hall–Kier alpha value is -1.02. The first-order valence-corrected chi connectivity index (χ1v) is 5.77. The van der Waals surface area contributed by atoms with E-state index in [0.29, 0.717) is 6.04 Å². The van der Waals surface area contributed by atoms with Crippen LogP contribution in [0, 0.1) is 0 Å². The van der Waals surface area contributed by atoms with Crippen molar-refractivity contribution in [2.24, 2.45) is 0 Å². The highest BCUT2D eigenvalue weighted by atomic mass is 16.3. The summed E-state index contributed by atoms with van der Waals surface area (Å²) in [4.78, 5) is 2.46. The Morgan fingerprint density at radius 3 is 2.60 bits per heavy atom. The lowest BCUT2D eigenvalue weighted by molar-refractivity contribution is 0.282. The van der Waals surface area contributed by atoms with Crippen molar-refractivity contribution in [3.05, 3.63) is 29.8 Å². The predicted octanol–water partition coefficient (Wildman–Crippen LogP) is 2.56. The zero-order valence-electron chi connectivity index (χ0n) is 9.32. The van der Waals surface area contributed by atoms with Crippen LogP contribution in [0.4, 0.5) is 5.69 Å². The SMILES string of the molecule is CC1CCCCN1c1ccc(CO)cc1. The second-order valence-corrected chi connectivity index (χ2v) is 4.36. The summed E-state index contributed by atoms with van der Waals surface area (Å²) in [6.07, 6.45) is 3.94. The molecule has 1 aliphatic rings. The molecule has 1 N–H and O–H groups in total. The summed E-state index contributed by atoms with van der Waals surface area (Å²) in [7, 11) is 0. The first-order chi connectivity index (χ1) is 7.31. The van der Waals surface area contributed by atoms with Crippen molar-refractivity contribution in [2.75, 3.05) is 11.4 Å². The third-order valence-electron chi connectivity index (χ3n) is 3.25. The van der Waals surface area contributed by atoms with Gasteiger partial charge in [0.1, 0.15) is 0 Å². The topological polar surface area (TPSA) is 23.5 Å². The van der Waals surface area contributed by atoms with E-state index >= 15 is 0 Å². The van der Waals surface area contributed by atoms with Crippen molar-refractivity contribution in [1.29, 1.82) is 0 Å². The first kappa shape index (κ1) is 10.5. The normalized spacial score (nSPS) is 21.7. The molecule has 0 saturated carbocycles. The van der Waals surface area contributed by atoms with Gasteiger partial charge in [-0.15, -0.1) is 0 Å². The lowest BCUT2D eigenvalue weighted by atomic mass is 10.0. The molecule has 1 fully saturated rings. The maximum atomic E-state index is 8.98. The molecule has 1 atom stereocenters. The fourth-order valence-corrected chi connectivity index (χ4v) is 2.27. The standard InChI is InChI=1S/C13H19NO/c1-11-4-2-3-9-14(11)13-7-5-12(10-15)6-8-13/h5-8,11,15H,2-4,9-10H2,1H3. The van der Waals surface area contributed by atoms with Gasteiger partial charge in [0.05, 0.1) is 6.61 Å². The van der Waals surface area contributed by atoms with Crippen LogP contribution in [0.5, 0.6) is 0 Å². The van der Waals surface area contributed by atoms with Gasteiger partial charge >= 0.3 is 0 Å². The molecule has 0 bridgehead atoms. The number of benzene rings is 1. The first-order valence-electron chi connectivity index (χ1n) is 5.77. The van der Waals surface area contributed by atoms with Crippen molar-refractivity contribution < 1.29 is 5.11 Å². The number of aliphatic hydroxyl groups is 1. The van der Waals surface area contributed by atoms with Crippen LogP contribution < -0.4 is 4.90 Å². The average molecular weight is 205 g/mol. The Morgan fingerprint density at radius 2 is 2.00 bits per heavy atom. The van der Waals surface area contributed by atoms with Crippen molar-refractivity contribution in [1.82, 2.24) is 0 Å². The second kappa shape index (κ2) is 4.67. The minimum absolute atomic E-state index is 0.135. The third-order valence-corrected chi connectivity index (χ3v) is 3.25. The maximum absolute atomic E-state index is 8.98. The summed E-state index contributed by atoms with van der Waals surface area (Å²) < 4.78 is 0. The minimum Gasteiger partial charge on any atom is -0.392 e. The zero-order chi connectivity index (χ0) is 10.7. The van der Waals surface area contributed by atoms with Gasteiger partial charge in [-0.1, -0.05) is 12.1 Å². The molecule has 1 heterocycles. The average Bonchev–Trinajstić information content (AvgIpc) is 2.30. The summed E-state index contributed by atoms with van der Waals surface area (Å²) >= 11 is 0. The lowest BCUT2D eigenvalue weighted by Gasteiger charge is -2.35. The number of piperidine rings is 1. The minimum atomic E-state index is 0.135. The Balaban J connectivity index is 2.13. The molecule has 0 aromatic heterocycles. The number of hydrogen-bond donors (Lipinski definition) is 1. The Labute approximate surface area is 91.5 Å². The largest absolute Gasteiger partial charge is 0.392 e. The van der Waals surface area contributed by atoms with E-state index in [1.165, 1.54) is 31.5 Å². The van der Waals surface area contributed by atoms with Gasteiger partial charge in [-0.05, 0) is 43.9 Å². The Bertz CT molecular complexity index is 307. The van der Waals surface area contributed by atoms with E-state index in [-0.39, 0.29) is 6.61 Å². The van der Waals surface area contributed by atoms with Gasteiger partial charge in [-0.25, -0.2) is 0 Å². The molecule has 15 heavy (non-hydrogen) atoms. The number of rotatable bonds is 2. The molecular formula is C13H19NO. The van der Waals surface area contributed by atoms with Gasteiger partial charge in [-0.2, -0.15) is 0 Å². The Morgan fingerprint density at radius 1 is 1.27 bits per heavy atom. The highest BCUT2D eigenvalue weighted by Crippen LogP contribution is 2.24. The van der Waals surface area contributed by atoms with Gasteiger partial charge in [0.15, 0.2) is 0 Å². The predicted molar refractivity (Wildman–Crippen MR) is 63.0 cm³/mol. The monoisotopic (exact) mass is 205 g/mol. The van der Waals surface area contributed by atoms with Crippen LogP contribution >= 0.6 is 0 Å². The van der Waals surface area contributed by atoms with Crippen LogP contribution in [0.15, 0.2) is 24.3 Å². The summed E-state index contributed by atoms with van der Waals surface area (Å²) in [5, 5.41) is 8.98. The smallest absolute Gasteiger partial charge is 0.0681 e. The van der Waals surface area contributed by atoms with E-state index in [9.17, 15) is 0 Å². The molecule has 1 aliphatic heterocycles. The number of hydrogen-bond acceptors (Lipinski definition) is 2. The van der Waals surface area contributed by atoms with Crippen LogP contribution in [0.3, 0.4) is 0 Å². The van der Waals surface area contributed by atoms with E-state index in [0.717, 1.165) is 5.56 Å². The molecule has 1 saturated heterocycles. The fraction of sp³-hybridized carbons (Fsp3) is 0.538. The molecule has 2 heteroatoms. The summed E-state index contributed by atoms with van der Waals surface area (Å²) in [5.74, 6) is 0. The molecule has 1 aromatic carbocycles. The van der Waals surface area contributed by atoms with Gasteiger partial charge < -0.3 is 10.0 Å². The molecule has 0 radical (unpaired) electrons. The van der Waals surface area contributed by atoms with Gasteiger partial charge in [0.2, 0.25) is 0 Å². The zero-order valence-corrected chi connectivity index (χ0v) is 9.32. The van der Waals surface area contributed by atoms with E-state index in [4.69, 9.17) is 5.11 Å². The van der Waals surface area contributed by atoms with Crippen molar-refractivity contribution in [3.8, 4) is 0 Å². The van der Waals surface area contributed by atoms with Gasteiger partial charge in [0, 0.05) is 18.3 Å². The molecule has 0 amide bonds. The molecule has 82 valence electrons. The summed E-state index contributed by atoms with van der Waals surface area (Å²) in [6, 6.07) is 8.91. The molecule has 0 aliphatic carbocycles. The molecule has 1 aromatic rings. The lowest BCUT2D eigenvalue weighted by Crippen LogP contribution is -2.37. The van der Waals surface area contributed by atoms with Crippen molar-refractivity contribution in [3.63, 3.8) is 0 Å². The highest BCUT2D eigenvalue weighted by Gasteiger charge is 2.17. The van der Waals surface area contributed by atoms with E-state index in [1.54, 1.807) is 0 Å². The van der Waals surface area contributed by atoms with Crippen LogP contribution in [0.25, 0.3) is 0 Å². The van der Waals surface area contributed by atoms with Crippen LogP contribution in [0.2, 0.25) is 0 Å². The van der Waals surface area contributed by atoms with Gasteiger partial charge in [0.25, 0.3) is 0 Å². The second-order valence-electron chi connectivity index (χ2n) is 4.36. The molecule has 2 rings (SSSR count). The van der Waals surface area contributed by atoms with Crippen molar-refractivity contribution >= 4 is 5.69 Å². The van der Waals surface area contributed by atoms with Crippen LogP contribution in [0.1, 0.15) is 31.7 Å². The number of nitrogens with zero attached hydrogens (tertiary/aromatic N) is 1. The highest BCUT2D eigenvalue weighted by molar-refractivity contribution is 5.48. The maximum Gasteiger partial charge on any atom is 0.0681 e. The third kappa shape index (κ3) is 2.32. The fourth-order valence-electron chi connectivity index (χ4n) is 2.27. The van der Waals surface area contributed by atoms with E-state index in [1.807, 2.05) is 12.1 Å². The van der Waals surface area contributed by atoms with Crippen LogP contribution in [-0.4, -0.2) is 17.7 Å². The summed E-state index contributed by atoms with van der Waals surface area (Å²) in [5.41, 5.74) is 2.28. The van der Waals surface area contributed by atoms with E-state index in [2.05, 4.69) is 24.0 Å². The molecule has 2 nitrogen and oxygen atoms in total. The quantitative estimate of drug-likeness (QED) is 0.802. The van der Waals surface area contributed by atoms with Crippen LogP contribution in [-0.2, 0) is 6.61 Å². The Kier molecular flexibility index (Phi) is 3.27. The molecule has 0 spiro atoms. The number of anilines is 1. The number of aliphatic hydroxyl groups excluding tert-OH is 1. The van der Waals surface area contributed by atoms with Crippen molar-refractivity contribution in [2.45, 2.75) is 38.8 Å². The van der Waals surface area contributed by atoms with Gasteiger partial charge in [-0.3, -0.25) is 0 Å². The summed E-state index contributed by atoms with van der Waals surface area (Å²) in [6.45, 7) is 3.59. The van der Waals surface area contributed by atoms with E-state index < -0.39 is 0 Å². The molecule has 1 unspecified atom stereocenters.